The molecule has 1 nitrogen and oxygen atoms in total. The molecule has 0 spiro atoms. The van der Waals surface area contributed by atoms with Gasteiger partial charge in [-0.15, -0.1) is 13.2 Å². The number of phenolic OH excluding ortho intramolecular Hbond substituents is 1. The molecule has 0 amide bonds. The second-order valence-electron chi connectivity index (χ2n) is 2.02. The van der Waals surface area contributed by atoms with E-state index >= 15 is 0 Å². The van der Waals surface area contributed by atoms with Gasteiger partial charge in [-0.3, -0.25) is 0 Å². The van der Waals surface area contributed by atoms with Crippen molar-refractivity contribution in [3.63, 3.8) is 0 Å². The summed E-state index contributed by atoms with van der Waals surface area (Å²) in [5.74, 6) is 0.340. The summed E-state index contributed by atoms with van der Waals surface area (Å²) in [5.41, 5.74) is 1.26. The first-order chi connectivity index (χ1) is 5.33. The van der Waals surface area contributed by atoms with Crippen LogP contribution in [0.1, 0.15) is 12.5 Å². The molecule has 0 aromatic heterocycles. The van der Waals surface area contributed by atoms with Gasteiger partial charge in [0.1, 0.15) is 5.75 Å². The van der Waals surface area contributed by atoms with Crippen molar-refractivity contribution >= 4 is 0 Å². The number of aromatic hydroxyl groups is 1. The summed E-state index contributed by atoms with van der Waals surface area (Å²) in [5, 5.41) is 8.85. The quantitative estimate of drug-likeness (QED) is 0.610. The average molecular weight is 150 g/mol. The lowest BCUT2D eigenvalue weighted by atomic mass is 10.2. The largest absolute Gasteiger partial charge is 0.508 e. The molecule has 0 radical (unpaired) electrons. The van der Waals surface area contributed by atoms with Crippen LogP contribution in [0.2, 0.25) is 0 Å². The first kappa shape index (κ1) is 9.76. The summed E-state index contributed by atoms with van der Waals surface area (Å²) in [4.78, 5) is 0. The first-order valence-corrected chi connectivity index (χ1v) is 3.61. The van der Waals surface area contributed by atoms with E-state index < -0.39 is 0 Å². The summed E-state index contributed by atoms with van der Waals surface area (Å²) in [6.45, 7) is 8.09. The Morgan fingerprint density at radius 2 is 1.64 bits per heavy atom. The molecule has 0 unspecified atom stereocenters. The predicted octanol–water partition coefficient (Wildman–Crippen LogP) is 2.76. The number of hydrogen-bond acceptors (Lipinski definition) is 1. The molecule has 0 aliphatic rings. The van der Waals surface area contributed by atoms with E-state index in [2.05, 4.69) is 20.1 Å². The van der Waals surface area contributed by atoms with Crippen molar-refractivity contribution < 1.29 is 5.11 Å². The molecule has 1 heteroatoms. The molecule has 1 N–H and O–H groups in total. The van der Waals surface area contributed by atoms with Gasteiger partial charge in [-0.25, -0.2) is 0 Å². The van der Waals surface area contributed by atoms with E-state index in [0.29, 0.717) is 5.75 Å². The maximum absolute atomic E-state index is 8.85. The van der Waals surface area contributed by atoms with Crippen LogP contribution >= 0.6 is 0 Å². The van der Waals surface area contributed by atoms with E-state index in [0.717, 1.165) is 6.42 Å². The van der Waals surface area contributed by atoms with Crippen molar-refractivity contribution in [2.24, 2.45) is 0 Å². The van der Waals surface area contributed by atoms with Crippen molar-refractivity contribution in [3.8, 4) is 5.75 Å². The van der Waals surface area contributed by atoms with Gasteiger partial charge in [-0.2, -0.15) is 0 Å². The molecule has 0 heterocycles. The number of rotatable bonds is 1. The summed E-state index contributed by atoms with van der Waals surface area (Å²) in [6.07, 6.45) is 1.03. The highest BCUT2D eigenvalue weighted by Crippen LogP contribution is 2.09. The fourth-order valence-corrected chi connectivity index (χ4v) is 0.732. The summed E-state index contributed by atoms with van der Waals surface area (Å²) in [6, 6.07) is 7.27. The summed E-state index contributed by atoms with van der Waals surface area (Å²) >= 11 is 0. The molecule has 1 aromatic carbocycles. The first-order valence-electron chi connectivity index (χ1n) is 3.61. The van der Waals surface area contributed by atoms with Crippen molar-refractivity contribution in [2.45, 2.75) is 13.3 Å². The standard InChI is InChI=1S/C8H10O.C2H4/c1-2-7-3-5-8(9)6-4-7;1-2/h3-6,9H,2H2,1H3;1-2H2. The van der Waals surface area contributed by atoms with Gasteiger partial charge >= 0.3 is 0 Å². The van der Waals surface area contributed by atoms with Crippen LogP contribution in [0.4, 0.5) is 0 Å². The Balaban J connectivity index is 0.000000461. The lowest BCUT2D eigenvalue weighted by Gasteiger charge is -1.93. The van der Waals surface area contributed by atoms with Crippen LogP contribution in [0.25, 0.3) is 0 Å². The van der Waals surface area contributed by atoms with E-state index in [1.54, 1.807) is 12.1 Å². The second kappa shape index (κ2) is 5.54. The summed E-state index contributed by atoms with van der Waals surface area (Å²) < 4.78 is 0. The van der Waals surface area contributed by atoms with E-state index in [1.807, 2.05) is 12.1 Å². The van der Waals surface area contributed by atoms with Gasteiger partial charge < -0.3 is 5.11 Å². The molecule has 0 bridgehead atoms. The second-order valence-corrected chi connectivity index (χ2v) is 2.02. The highest BCUT2D eigenvalue weighted by atomic mass is 16.3. The zero-order chi connectivity index (χ0) is 8.69. The lowest BCUT2D eigenvalue weighted by molar-refractivity contribution is 0.475. The van der Waals surface area contributed by atoms with E-state index in [4.69, 9.17) is 5.11 Å². The third-order valence-electron chi connectivity index (χ3n) is 1.34. The fraction of sp³-hybridized carbons (Fsp3) is 0.200. The molecule has 0 atom stereocenters. The smallest absolute Gasteiger partial charge is 0.115 e. The Hall–Kier alpha value is -1.24. The SMILES string of the molecule is C=C.CCc1ccc(O)cc1. The number of hydrogen-bond donors (Lipinski definition) is 1. The minimum Gasteiger partial charge on any atom is -0.508 e. The highest BCUT2D eigenvalue weighted by Gasteiger charge is 1.86. The molecular formula is C10H14O. The monoisotopic (exact) mass is 150 g/mol. The Kier molecular flexibility index (Phi) is 4.91. The molecule has 0 saturated heterocycles. The van der Waals surface area contributed by atoms with Crippen LogP contribution in [0.3, 0.4) is 0 Å². The van der Waals surface area contributed by atoms with Crippen molar-refractivity contribution in [2.75, 3.05) is 0 Å². The van der Waals surface area contributed by atoms with E-state index in [1.165, 1.54) is 5.56 Å². The zero-order valence-corrected chi connectivity index (χ0v) is 6.88. The maximum atomic E-state index is 8.85. The highest BCUT2D eigenvalue weighted by molar-refractivity contribution is 5.25. The fourth-order valence-electron chi connectivity index (χ4n) is 0.732. The molecule has 1 rings (SSSR count). The summed E-state index contributed by atoms with van der Waals surface area (Å²) in [7, 11) is 0. The van der Waals surface area contributed by atoms with Crippen LogP contribution in [-0.4, -0.2) is 5.11 Å². The van der Waals surface area contributed by atoms with Crippen LogP contribution in [-0.2, 0) is 6.42 Å². The zero-order valence-electron chi connectivity index (χ0n) is 6.88. The minimum atomic E-state index is 0.340. The molecule has 11 heavy (non-hydrogen) atoms. The van der Waals surface area contributed by atoms with Gasteiger partial charge in [-0.1, -0.05) is 19.1 Å². The Morgan fingerprint density at radius 3 is 2.00 bits per heavy atom. The Bertz CT molecular complexity index is 189. The number of phenols is 1. The van der Waals surface area contributed by atoms with E-state index in [9.17, 15) is 0 Å². The normalized spacial score (nSPS) is 8.09. The Labute approximate surface area is 68.0 Å². The third-order valence-corrected chi connectivity index (χ3v) is 1.34. The van der Waals surface area contributed by atoms with Crippen molar-refractivity contribution in [3.05, 3.63) is 43.0 Å². The molecule has 0 fully saturated rings. The van der Waals surface area contributed by atoms with E-state index in [-0.39, 0.29) is 0 Å². The Morgan fingerprint density at radius 1 is 1.18 bits per heavy atom. The lowest BCUT2D eigenvalue weighted by Crippen LogP contribution is -1.75. The molecule has 60 valence electrons. The third kappa shape index (κ3) is 3.46. The van der Waals surface area contributed by atoms with Gasteiger partial charge in [0, 0.05) is 0 Å². The van der Waals surface area contributed by atoms with Crippen molar-refractivity contribution in [1.82, 2.24) is 0 Å². The van der Waals surface area contributed by atoms with Crippen LogP contribution in [0.5, 0.6) is 5.75 Å². The molecule has 1 aromatic rings. The van der Waals surface area contributed by atoms with Gasteiger partial charge in [-0.05, 0) is 24.1 Å². The van der Waals surface area contributed by atoms with Crippen LogP contribution in [0.15, 0.2) is 37.4 Å². The molecule has 0 saturated carbocycles. The predicted molar refractivity (Wildman–Crippen MR) is 48.7 cm³/mol. The van der Waals surface area contributed by atoms with Crippen LogP contribution in [0, 0.1) is 0 Å². The van der Waals surface area contributed by atoms with Gasteiger partial charge in [0.05, 0.1) is 0 Å². The van der Waals surface area contributed by atoms with Crippen molar-refractivity contribution in [1.29, 1.82) is 0 Å². The molecule has 0 aliphatic carbocycles. The van der Waals surface area contributed by atoms with Crippen LogP contribution < -0.4 is 0 Å². The maximum Gasteiger partial charge on any atom is 0.115 e. The molecule has 0 aliphatic heterocycles. The number of aryl methyl sites for hydroxylation is 1. The number of benzene rings is 1. The minimum absolute atomic E-state index is 0.340. The average Bonchev–Trinajstić information content (AvgIpc) is 2.10. The molecular weight excluding hydrogens is 136 g/mol. The van der Waals surface area contributed by atoms with Gasteiger partial charge in [0.15, 0.2) is 0 Å². The topological polar surface area (TPSA) is 20.2 Å². The van der Waals surface area contributed by atoms with Gasteiger partial charge in [0.25, 0.3) is 0 Å². The van der Waals surface area contributed by atoms with Gasteiger partial charge in [0.2, 0.25) is 0 Å².